The molecule has 1 atom stereocenters. The molecule has 114 valence electrons. The van der Waals surface area contributed by atoms with E-state index in [0.29, 0.717) is 12.1 Å². The van der Waals surface area contributed by atoms with Gasteiger partial charge in [-0.15, -0.1) is 0 Å². The minimum absolute atomic E-state index is 0.000777. The van der Waals surface area contributed by atoms with Gasteiger partial charge in [-0.1, -0.05) is 24.3 Å². The summed E-state index contributed by atoms with van der Waals surface area (Å²) in [6, 6.07) is 11.6. The number of rotatable bonds is 3. The van der Waals surface area contributed by atoms with E-state index < -0.39 is 0 Å². The average Bonchev–Trinajstić information content (AvgIpc) is 2.96. The van der Waals surface area contributed by atoms with Gasteiger partial charge in [-0.25, -0.2) is 4.79 Å². The van der Waals surface area contributed by atoms with Crippen molar-refractivity contribution >= 4 is 5.97 Å². The van der Waals surface area contributed by atoms with Crippen LogP contribution < -0.4 is 10.5 Å². The van der Waals surface area contributed by atoms with Crippen LogP contribution in [0.1, 0.15) is 21.5 Å². The lowest BCUT2D eigenvalue weighted by Gasteiger charge is -2.14. The van der Waals surface area contributed by atoms with E-state index in [1.54, 1.807) is 6.07 Å². The third-order valence-corrected chi connectivity index (χ3v) is 3.93. The molecule has 4 nitrogen and oxygen atoms in total. The number of ether oxygens (including phenoxy) is 2. The molecule has 2 aromatic carbocycles. The number of aryl methyl sites for hydroxylation is 1. The zero-order chi connectivity index (χ0) is 15.7. The molecule has 0 spiro atoms. The van der Waals surface area contributed by atoms with Crippen molar-refractivity contribution in [1.29, 1.82) is 0 Å². The van der Waals surface area contributed by atoms with Crippen molar-refractivity contribution in [2.45, 2.75) is 19.4 Å². The molecule has 0 saturated heterocycles. The normalized spacial score (nSPS) is 16.0. The minimum atomic E-state index is -0.348. The Kier molecular flexibility index (Phi) is 3.86. The number of benzene rings is 2. The Hall–Kier alpha value is -2.33. The standard InChI is InChI=1S/C18H19NO3/c1-11-7-12-9-13(10-19)22-17(12)16(8-11)14-5-3-4-6-15(14)18(20)21-2/h3-8,13H,9-10,19H2,1-2H3/t13-/m0/s1. The smallest absolute Gasteiger partial charge is 0.338 e. The summed E-state index contributed by atoms with van der Waals surface area (Å²) in [6.45, 7) is 2.52. The van der Waals surface area contributed by atoms with Crippen LogP contribution in [-0.4, -0.2) is 25.7 Å². The van der Waals surface area contributed by atoms with E-state index in [-0.39, 0.29) is 12.1 Å². The Labute approximate surface area is 129 Å². The second-order valence-electron chi connectivity index (χ2n) is 5.52. The van der Waals surface area contributed by atoms with Gasteiger partial charge in [-0.2, -0.15) is 0 Å². The van der Waals surface area contributed by atoms with E-state index in [2.05, 4.69) is 6.07 Å². The van der Waals surface area contributed by atoms with E-state index in [0.717, 1.165) is 34.4 Å². The zero-order valence-corrected chi connectivity index (χ0v) is 12.8. The zero-order valence-electron chi connectivity index (χ0n) is 12.8. The number of fused-ring (bicyclic) bond motifs is 1. The van der Waals surface area contributed by atoms with Gasteiger partial charge >= 0.3 is 5.97 Å². The largest absolute Gasteiger partial charge is 0.488 e. The molecule has 1 heterocycles. The predicted molar refractivity (Wildman–Crippen MR) is 85.1 cm³/mol. The van der Waals surface area contributed by atoms with Crippen molar-refractivity contribution in [1.82, 2.24) is 0 Å². The molecule has 2 aromatic rings. The number of esters is 1. The number of nitrogens with two attached hydrogens (primary N) is 1. The summed E-state index contributed by atoms with van der Waals surface area (Å²) in [5.74, 6) is 0.483. The van der Waals surface area contributed by atoms with Crippen molar-refractivity contribution < 1.29 is 14.3 Å². The molecule has 0 aliphatic carbocycles. The SMILES string of the molecule is COC(=O)c1ccccc1-c1cc(C)cc2c1O[C@H](CN)C2. The van der Waals surface area contributed by atoms with E-state index in [1.807, 2.05) is 31.2 Å². The highest BCUT2D eigenvalue weighted by Crippen LogP contribution is 2.41. The molecule has 3 rings (SSSR count). The quantitative estimate of drug-likeness (QED) is 0.885. The van der Waals surface area contributed by atoms with Gasteiger partial charge in [0.25, 0.3) is 0 Å². The van der Waals surface area contributed by atoms with Crippen LogP contribution >= 0.6 is 0 Å². The molecule has 0 saturated carbocycles. The highest BCUT2D eigenvalue weighted by atomic mass is 16.5. The maximum Gasteiger partial charge on any atom is 0.338 e. The van der Waals surface area contributed by atoms with Crippen molar-refractivity contribution in [3.8, 4) is 16.9 Å². The third-order valence-electron chi connectivity index (χ3n) is 3.93. The van der Waals surface area contributed by atoms with Crippen LogP contribution in [0.3, 0.4) is 0 Å². The maximum atomic E-state index is 12.0. The summed E-state index contributed by atoms with van der Waals surface area (Å²) in [7, 11) is 1.39. The lowest BCUT2D eigenvalue weighted by atomic mass is 9.94. The first-order chi connectivity index (χ1) is 10.6. The Morgan fingerprint density at radius 1 is 1.32 bits per heavy atom. The lowest BCUT2D eigenvalue weighted by Crippen LogP contribution is -2.24. The molecular formula is C18H19NO3. The Morgan fingerprint density at radius 2 is 2.09 bits per heavy atom. The molecule has 0 bridgehead atoms. The van der Waals surface area contributed by atoms with Gasteiger partial charge in [-0.3, -0.25) is 0 Å². The van der Waals surface area contributed by atoms with E-state index >= 15 is 0 Å². The number of hydrogen-bond donors (Lipinski definition) is 1. The number of methoxy groups -OCH3 is 1. The van der Waals surface area contributed by atoms with Gasteiger partial charge in [0.2, 0.25) is 0 Å². The number of carbonyl (C=O) groups is 1. The van der Waals surface area contributed by atoms with Crippen molar-refractivity contribution in [2.75, 3.05) is 13.7 Å². The van der Waals surface area contributed by atoms with Crippen LogP contribution in [0, 0.1) is 6.92 Å². The first-order valence-electron chi connectivity index (χ1n) is 7.32. The highest BCUT2D eigenvalue weighted by Gasteiger charge is 2.27. The summed E-state index contributed by atoms with van der Waals surface area (Å²) in [4.78, 5) is 12.0. The van der Waals surface area contributed by atoms with E-state index in [9.17, 15) is 4.79 Å². The first kappa shape index (κ1) is 14.6. The van der Waals surface area contributed by atoms with E-state index in [1.165, 1.54) is 7.11 Å². The van der Waals surface area contributed by atoms with Crippen LogP contribution in [0.4, 0.5) is 0 Å². The molecular weight excluding hydrogens is 278 g/mol. The predicted octanol–water partition coefficient (Wildman–Crippen LogP) is 2.71. The molecule has 0 unspecified atom stereocenters. The summed E-state index contributed by atoms with van der Waals surface area (Å²) >= 11 is 0. The molecule has 22 heavy (non-hydrogen) atoms. The van der Waals surface area contributed by atoms with Crippen LogP contribution in [0.2, 0.25) is 0 Å². The number of carbonyl (C=O) groups excluding carboxylic acids is 1. The fourth-order valence-electron chi connectivity index (χ4n) is 2.93. The molecule has 2 N–H and O–H groups in total. The van der Waals surface area contributed by atoms with Crippen LogP contribution in [0.5, 0.6) is 5.75 Å². The molecule has 1 aliphatic heterocycles. The van der Waals surface area contributed by atoms with Crippen molar-refractivity contribution in [2.24, 2.45) is 5.73 Å². The number of hydrogen-bond acceptors (Lipinski definition) is 4. The van der Waals surface area contributed by atoms with Gasteiger partial charge in [0, 0.05) is 18.5 Å². The topological polar surface area (TPSA) is 61.5 Å². The Morgan fingerprint density at radius 3 is 2.82 bits per heavy atom. The van der Waals surface area contributed by atoms with Gasteiger partial charge in [0.15, 0.2) is 0 Å². The first-order valence-corrected chi connectivity index (χ1v) is 7.32. The molecule has 0 radical (unpaired) electrons. The average molecular weight is 297 g/mol. The molecule has 4 heteroatoms. The van der Waals surface area contributed by atoms with Gasteiger partial charge in [0.1, 0.15) is 11.9 Å². The third kappa shape index (κ3) is 2.46. The minimum Gasteiger partial charge on any atom is -0.488 e. The Balaban J connectivity index is 2.17. The Bertz CT molecular complexity index is 724. The molecule has 0 amide bonds. The van der Waals surface area contributed by atoms with Gasteiger partial charge in [0.05, 0.1) is 12.7 Å². The second-order valence-corrected chi connectivity index (χ2v) is 5.52. The van der Waals surface area contributed by atoms with Crippen molar-refractivity contribution in [3.05, 3.63) is 53.1 Å². The summed E-state index contributed by atoms with van der Waals surface area (Å²) < 4.78 is 10.9. The maximum absolute atomic E-state index is 12.0. The summed E-state index contributed by atoms with van der Waals surface area (Å²) in [5, 5.41) is 0. The van der Waals surface area contributed by atoms with Crippen LogP contribution in [-0.2, 0) is 11.2 Å². The van der Waals surface area contributed by atoms with E-state index in [4.69, 9.17) is 15.2 Å². The van der Waals surface area contributed by atoms with Gasteiger partial charge in [-0.05, 0) is 35.7 Å². The summed E-state index contributed by atoms with van der Waals surface area (Å²) in [5.41, 5.74) is 10.3. The fraction of sp³-hybridized carbons (Fsp3) is 0.278. The van der Waals surface area contributed by atoms with Crippen LogP contribution in [0.15, 0.2) is 36.4 Å². The molecule has 0 aromatic heterocycles. The van der Waals surface area contributed by atoms with Gasteiger partial charge < -0.3 is 15.2 Å². The molecule has 1 aliphatic rings. The van der Waals surface area contributed by atoms with Crippen LogP contribution in [0.25, 0.3) is 11.1 Å². The monoisotopic (exact) mass is 297 g/mol. The molecule has 0 fully saturated rings. The second kappa shape index (κ2) is 5.81. The lowest BCUT2D eigenvalue weighted by molar-refractivity contribution is 0.0601. The summed E-state index contributed by atoms with van der Waals surface area (Å²) in [6.07, 6.45) is 0.807. The van der Waals surface area contributed by atoms with Crippen molar-refractivity contribution in [3.63, 3.8) is 0 Å². The highest BCUT2D eigenvalue weighted by molar-refractivity contribution is 5.98. The fourth-order valence-corrected chi connectivity index (χ4v) is 2.93.